The van der Waals surface area contributed by atoms with Crippen molar-refractivity contribution in [2.24, 2.45) is 4.99 Å². The van der Waals surface area contributed by atoms with Gasteiger partial charge in [-0.3, -0.25) is 9.56 Å². The summed E-state index contributed by atoms with van der Waals surface area (Å²) in [6.45, 7) is 2.96. The van der Waals surface area contributed by atoms with Gasteiger partial charge in [-0.2, -0.15) is 0 Å². The quantitative estimate of drug-likeness (QED) is 0.341. The maximum absolute atomic E-state index is 6.54. The molecular weight excluding hydrogens is 452 g/mol. The molecule has 0 aliphatic carbocycles. The Morgan fingerprint density at radius 3 is 2.82 bits per heavy atom. The van der Waals surface area contributed by atoms with E-state index in [9.17, 15) is 0 Å². The van der Waals surface area contributed by atoms with Crippen molar-refractivity contribution < 1.29 is 0 Å². The van der Waals surface area contributed by atoms with Crippen LogP contribution in [0.5, 0.6) is 0 Å². The van der Waals surface area contributed by atoms with E-state index in [4.69, 9.17) is 16.6 Å². The minimum Gasteiger partial charge on any atom is -0.319 e. The highest BCUT2D eigenvalue weighted by molar-refractivity contribution is 7.15. The number of thiophene rings is 1. The smallest absolute Gasteiger partial charge is 0.160 e. The van der Waals surface area contributed by atoms with Gasteiger partial charge in [0.25, 0.3) is 0 Å². The van der Waals surface area contributed by atoms with Gasteiger partial charge in [0.1, 0.15) is 17.4 Å². The van der Waals surface area contributed by atoms with Gasteiger partial charge in [-0.05, 0) is 31.2 Å². The van der Waals surface area contributed by atoms with Crippen LogP contribution in [0.3, 0.4) is 0 Å². The van der Waals surface area contributed by atoms with Crippen molar-refractivity contribution >= 4 is 39.7 Å². The van der Waals surface area contributed by atoms with Crippen molar-refractivity contribution in [3.63, 3.8) is 0 Å². The third-order valence-electron chi connectivity index (χ3n) is 5.56. The zero-order chi connectivity index (χ0) is 22.4. The Kier molecular flexibility index (Phi) is 4.83. The molecule has 0 saturated carbocycles. The van der Waals surface area contributed by atoms with E-state index in [-0.39, 0.29) is 0 Å². The first kappa shape index (κ1) is 19.9. The normalized spacial score (nSPS) is 12.5. The fourth-order valence-electron chi connectivity index (χ4n) is 4.02. The van der Waals surface area contributed by atoms with Gasteiger partial charge in [0.2, 0.25) is 0 Å². The van der Waals surface area contributed by atoms with E-state index < -0.39 is 0 Å². The molecule has 0 unspecified atom stereocenters. The van der Waals surface area contributed by atoms with E-state index in [2.05, 4.69) is 48.3 Å². The minimum absolute atomic E-state index is 0.442. The summed E-state index contributed by atoms with van der Waals surface area (Å²) in [6.07, 6.45) is 1.83. The maximum atomic E-state index is 6.54. The summed E-state index contributed by atoms with van der Waals surface area (Å²) >= 11 is 8.16. The molecule has 0 N–H and O–H groups in total. The summed E-state index contributed by atoms with van der Waals surface area (Å²) in [5.41, 5.74) is 4.79. The molecule has 0 atom stereocenters. The van der Waals surface area contributed by atoms with Gasteiger partial charge in [0.05, 0.1) is 34.5 Å². The summed E-state index contributed by atoms with van der Waals surface area (Å²) < 4.78 is 4.13. The fraction of sp³-hybridized carbons (Fsp3) is 0.120. The van der Waals surface area contributed by atoms with Crippen LogP contribution in [0, 0.1) is 18.8 Å². The molecule has 0 bridgehead atoms. The standard InChI is InChI=1S/C25H17ClN6S/c1-16-29-30-23-14-27-24(18-8-2-3-9-20(18)26)19-13-17(33-25(19)32(16)23)7-6-12-31-15-28-21-10-4-5-11-22(21)31/h2-5,8-11,13,15H,12,14H2,1H3. The first-order chi connectivity index (χ1) is 16.2. The number of fused-ring (bicyclic) bond motifs is 4. The van der Waals surface area contributed by atoms with Gasteiger partial charge in [-0.15, -0.1) is 21.5 Å². The average molecular weight is 469 g/mol. The largest absolute Gasteiger partial charge is 0.319 e. The summed E-state index contributed by atoms with van der Waals surface area (Å²) in [5.74, 6) is 8.26. The van der Waals surface area contributed by atoms with Crippen molar-refractivity contribution in [2.75, 3.05) is 0 Å². The summed E-state index contributed by atoms with van der Waals surface area (Å²) in [5, 5.41) is 10.3. The lowest BCUT2D eigenvalue weighted by Crippen LogP contribution is -2.05. The van der Waals surface area contributed by atoms with E-state index in [1.54, 1.807) is 11.3 Å². The Bertz CT molecular complexity index is 1610. The number of halogens is 1. The highest BCUT2D eigenvalue weighted by Gasteiger charge is 2.25. The molecule has 160 valence electrons. The van der Waals surface area contributed by atoms with Crippen LogP contribution in [0.15, 0.2) is 65.9 Å². The van der Waals surface area contributed by atoms with Crippen LogP contribution in [0.25, 0.3) is 16.0 Å². The van der Waals surface area contributed by atoms with Gasteiger partial charge in [0.15, 0.2) is 5.82 Å². The summed E-state index contributed by atoms with van der Waals surface area (Å²) in [4.78, 5) is 10.3. The number of aromatic nitrogens is 5. The first-order valence-corrected chi connectivity index (χ1v) is 11.6. The first-order valence-electron chi connectivity index (χ1n) is 10.4. The molecule has 33 heavy (non-hydrogen) atoms. The Morgan fingerprint density at radius 2 is 1.91 bits per heavy atom. The SMILES string of the molecule is Cc1nnc2n1-c1sc(C#CCn3cnc4ccccc43)cc1C(c1ccccc1Cl)=NC2. The number of para-hydroxylation sites is 2. The number of benzene rings is 2. The number of aryl methyl sites for hydroxylation is 1. The van der Waals surface area contributed by atoms with Crippen LogP contribution in [0.1, 0.15) is 27.7 Å². The Morgan fingerprint density at radius 1 is 1.06 bits per heavy atom. The molecule has 5 aromatic rings. The van der Waals surface area contributed by atoms with Crippen LogP contribution in [-0.4, -0.2) is 30.0 Å². The van der Waals surface area contributed by atoms with Crippen molar-refractivity contribution in [1.29, 1.82) is 0 Å². The number of hydrogen-bond donors (Lipinski definition) is 0. The van der Waals surface area contributed by atoms with Gasteiger partial charge in [-0.25, -0.2) is 4.98 Å². The molecule has 0 spiro atoms. The van der Waals surface area contributed by atoms with Gasteiger partial charge < -0.3 is 4.57 Å². The van der Waals surface area contributed by atoms with Crippen molar-refractivity contribution in [3.05, 3.63) is 93.6 Å². The Labute approximate surface area is 199 Å². The number of nitrogens with zero attached hydrogens (tertiary/aromatic N) is 6. The van der Waals surface area contributed by atoms with Gasteiger partial charge >= 0.3 is 0 Å². The molecule has 6 nitrogen and oxygen atoms in total. The summed E-state index contributed by atoms with van der Waals surface area (Å²) in [6, 6.07) is 17.9. The van der Waals surface area contributed by atoms with E-state index in [0.717, 1.165) is 49.4 Å². The molecule has 0 saturated heterocycles. The zero-order valence-electron chi connectivity index (χ0n) is 17.7. The lowest BCUT2D eigenvalue weighted by molar-refractivity contribution is 0.869. The van der Waals surface area contributed by atoms with Crippen LogP contribution >= 0.6 is 22.9 Å². The van der Waals surface area contributed by atoms with Crippen molar-refractivity contribution in [2.45, 2.75) is 20.0 Å². The molecule has 1 aliphatic heterocycles. The molecule has 0 amide bonds. The van der Waals surface area contributed by atoms with Crippen LogP contribution < -0.4 is 0 Å². The average Bonchev–Trinajstić information content (AvgIpc) is 3.50. The predicted octanol–water partition coefficient (Wildman–Crippen LogP) is 5.04. The fourth-order valence-corrected chi connectivity index (χ4v) is 5.35. The van der Waals surface area contributed by atoms with E-state index in [1.807, 2.05) is 55.7 Å². The van der Waals surface area contributed by atoms with Crippen LogP contribution in [-0.2, 0) is 13.1 Å². The molecule has 2 aromatic carbocycles. The van der Waals surface area contributed by atoms with E-state index in [1.165, 1.54) is 0 Å². The molecule has 0 radical (unpaired) electrons. The van der Waals surface area contributed by atoms with E-state index in [0.29, 0.717) is 18.1 Å². The topological polar surface area (TPSA) is 60.9 Å². The zero-order valence-corrected chi connectivity index (χ0v) is 19.2. The van der Waals surface area contributed by atoms with Crippen molar-refractivity contribution in [3.8, 4) is 16.8 Å². The number of imidazole rings is 1. The lowest BCUT2D eigenvalue weighted by atomic mass is 10.0. The molecule has 6 rings (SSSR count). The predicted molar refractivity (Wildman–Crippen MR) is 131 cm³/mol. The lowest BCUT2D eigenvalue weighted by Gasteiger charge is -2.08. The van der Waals surface area contributed by atoms with Gasteiger partial charge in [-0.1, -0.05) is 53.8 Å². The maximum Gasteiger partial charge on any atom is 0.160 e. The number of aliphatic imine (C=N–C) groups is 1. The molecule has 1 aliphatic rings. The Balaban J connectivity index is 1.42. The van der Waals surface area contributed by atoms with Crippen LogP contribution in [0.4, 0.5) is 0 Å². The monoisotopic (exact) mass is 468 g/mol. The van der Waals surface area contributed by atoms with E-state index >= 15 is 0 Å². The van der Waals surface area contributed by atoms with Crippen molar-refractivity contribution in [1.82, 2.24) is 24.3 Å². The summed E-state index contributed by atoms with van der Waals surface area (Å²) in [7, 11) is 0. The molecular formula is C25H17ClN6S. The highest BCUT2D eigenvalue weighted by Crippen LogP contribution is 2.34. The van der Waals surface area contributed by atoms with Crippen LogP contribution in [0.2, 0.25) is 5.02 Å². The Hall–Kier alpha value is -3.73. The highest BCUT2D eigenvalue weighted by atomic mass is 35.5. The number of hydrogen-bond acceptors (Lipinski definition) is 5. The number of rotatable bonds is 2. The van der Waals surface area contributed by atoms with Gasteiger partial charge in [0, 0.05) is 16.1 Å². The second-order valence-corrected chi connectivity index (χ2v) is 9.07. The second-order valence-electron chi connectivity index (χ2n) is 7.64. The minimum atomic E-state index is 0.442. The molecule has 8 heteroatoms. The molecule has 0 fully saturated rings. The third kappa shape index (κ3) is 3.44. The second kappa shape index (κ2) is 8.00. The third-order valence-corrected chi connectivity index (χ3v) is 6.92. The molecule has 3 aromatic heterocycles. The molecule has 4 heterocycles.